The summed E-state index contributed by atoms with van der Waals surface area (Å²) in [6.45, 7) is 0. The van der Waals surface area contributed by atoms with Gasteiger partial charge in [0.25, 0.3) is 0 Å². The van der Waals surface area contributed by atoms with E-state index in [1.165, 1.54) is 6.33 Å². The van der Waals surface area contributed by atoms with Crippen molar-refractivity contribution in [3.05, 3.63) is 53.0 Å². The lowest BCUT2D eigenvalue weighted by molar-refractivity contribution is -0.115. The number of anilines is 1. The summed E-state index contributed by atoms with van der Waals surface area (Å²) >= 11 is 5.89. The topological polar surface area (TPSA) is 70.7 Å². The summed E-state index contributed by atoms with van der Waals surface area (Å²) in [5.41, 5.74) is 1.96. The number of carbonyl (C=O) groups excluding carboxylic acids is 1. The molecule has 20 heavy (non-hydrogen) atoms. The van der Waals surface area contributed by atoms with Crippen LogP contribution < -0.4 is 5.32 Å². The number of aromatic nitrogens is 3. The molecule has 1 heterocycles. The fourth-order valence-corrected chi connectivity index (χ4v) is 2.49. The lowest BCUT2D eigenvalue weighted by Gasteiger charge is -2.22. The van der Waals surface area contributed by atoms with E-state index >= 15 is 0 Å². The Hall–Kier alpha value is -2.14. The Balaban J connectivity index is 1.77. The third-order valence-corrected chi connectivity index (χ3v) is 3.54. The third kappa shape index (κ3) is 2.88. The van der Waals surface area contributed by atoms with Crippen molar-refractivity contribution in [3.63, 3.8) is 0 Å². The molecule has 0 aliphatic heterocycles. The van der Waals surface area contributed by atoms with Gasteiger partial charge >= 0.3 is 0 Å². The average molecular weight is 289 g/mol. The number of halogens is 1. The molecule has 1 aromatic carbocycles. The molecule has 2 N–H and O–H groups in total. The molecule has 0 bridgehead atoms. The summed E-state index contributed by atoms with van der Waals surface area (Å²) in [7, 11) is 0. The van der Waals surface area contributed by atoms with Crippen LogP contribution in [0.1, 0.15) is 24.3 Å². The first kappa shape index (κ1) is 12.9. The van der Waals surface area contributed by atoms with Crippen molar-refractivity contribution in [1.29, 1.82) is 0 Å². The van der Waals surface area contributed by atoms with Gasteiger partial charge < -0.3 is 5.32 Å². The average Bonchev–Trinajstić information content (AvgIpc) is 2.91. The SMILES string of the molecule is O=C1C=C(Nc2ncn[nH]2)C[C@H](c2ccc(Cl)cc2)C1. The second-order valence-corrected chi connectivity index (χ2v) is 5.19. The number of carbonyl (C=O) groups is 1. The van der Waals surface area contributed by atoms with E-state index in [4.69, 9.17) is 11.6 Å². The molecule has 2 aromatic rings. The lowest BCUT2D eigenvalue weighted by atomic mass is 9.85. The van der Waals surface area contributed by atoms with Gasteiger partial charge in [0, 0.05) is 23.2 Å². The predicted octanol–water partition coefficient (Wildman–Crippen LogP) is 2.90. The molecular weight excluding hydrogens is 276 g/mol. The highest BCUT2D eigenvalue weighted by Gasteiger charge is 2.22. The maximum atomic E-state index is 11.9. The fourth-order valence-electron chi connectivity index (χ4n) is 2.37. The van der Waals surface area contributed by atoms with Gasteiger partial charge in [-0.05, 0) is 30.0 Å². The van der Waals surface area contributed by atoms with E-state index in [1.54, 1.807) is 6.08 Å². The number of nitrogens with one attached hydrogen (secondary N) is 2. The molecule has 1 aliphatic carbocycles. The normalized spacial score (nSPS) is 18.8. The molecule has 1 aromatic heterocycles. The van der Waals surface area contributed by atoms with Crippen LogP contribution in [0.4, 0.5) is 5.95 Å². The van der Waals surface area contributed by atoms with E-state index in [0.29, 0.717) is 17.4 Å². The van der Waals surface area contributed by atoms with Gasteiger partial charge in [0.15, 0.2) is 5.78 Å². The van der Waals surface area contributed by atoms with Crippen LogP contribution >= 0.6 is 11.6 Å². The maximum absolute atomic E-state index is 11.9. The first-order valence-electron chi connectivity index (χ1n) is 6.32. The first-order valence-corrected chi connectivity index (χ1v) is 6.70. The van der Waals surface area contributed by atoms with E-state index in [-0.39, 0.29) is 11.7 Å². The van der Waals surface area contributed by atoms with Crippen molar-refractivity contribution >= 4 is 23.3 Å². The minimum absolute atomic E-state index is 0.109. The number of nitrogens with zero attached hydrogens (tertiary/aromatic N) is 2. The molecule has 102 valence electrons. The Bertz CT molecular complexity index is 634. The molecule has 6 heteroatoms. The number of hydrogen-bond acceptors (Lipinski definition) is 4. The monoisotopic (exact) mass is 288 g/mol. The Labute approximate surface area is 121 Å². The van der Waals surface area contributed by atoms with Crippen molar-refractivity contribution < 1.29 is 4.79 Å². The van der Waals surface area contributed by atoms with Crippen LogP contribution in [0.3, 0.4) is 0 Å². The Morgan fingerprint density at radius 2 is 2.05 bits per heavy atom. The van der Waals surface area contributed by atoms with Crippen LogP contribution in [-0.2, 0) is 4.79 Å². The van der Waals surface area contributed by atoms with Crippen molar-refractivity contribution in [2.45, 2.75) is 18.8 Å². The summed E-state index contributed by atoms with van der Waals surface area (Å²) in [6.07, 6.45) is 4.33. The van der Waals surface area contributed by atoms with Gasteiger partial charge in [-0.1, -0.05) is 23.7 Å². The summed E-state index contributed by atoms with van der Waals surface area (Å²) < 4.78 is 0. The van der Waals surface area contributed by atoms with Gasteiger partial charge in [0.05, 0.1) is 0 Å². The van der Waals surface area contributed by atoms with Crippen LogP contribution in [0.5, 0.6) is 0 Å². The number of hydrogen-bond donors (Lipinski definition) is 2. The third-order valence-electron chi connectivity index (χ3n) is 3.28. The molecule has 0 saturated carbocycles. The highest BCUT2D eigenvalue weighted by atomic mass is 35.5. The minimum atomic E-state index is 0.109. The molecule has 5 nitrogen and oxygen atoms in total. The highest BCUT2D eigenvalue weighted by Crippen LogP contribution is 2.32. The molecule has 0 unspecified atom stereocenters. The molecule has 0 radical (unpaired) electrons. The summed E-state index contributed by atoms with van der Waals surface area (Å²) in [4.78, 5) is 15.9. The standard InChI is InChI=1S/C14H13ClN4O/c15-11-3-1-9(2-4-11)10-5-12(7-13(20)6-10)18-14-16-8-17-19-14/h1-4,7-8,10H,5-6H2,(H2,16,17,18,19)/t10-/m0/s1. The van der Waals surface area contributed by atoms with Gasteiger partial charge in [-0.15, -0.1) is 0 Å². The van der Waals surface area contributed by atoms with Gasteiger partial charge in [0.1, 0.15) is 6.33 Å². The van der Waals surface area contributed by atoms with E-state index in [1.807, 2.05) is 24.3 Å². The Kier molecular flexibility index (Phi) is 3.52. The van der Waals surface area contributed by atoms with Crippen molar-refractivity contribution in [1.82, 2.24) is 15.2 Å². The maximum Gasteiger partial charge on any atom is 0.222 e. The molecule has 0 amide bonds. The van der Waals surface area contributed by atoms with Crippen LogP contribution in [0, 0.1) is 0 Å². The van der Waals surface area contributed by atoms with Gasteiger partial charge in [-0.2, -0.15) is 10.1 Å². The van der Waals surface area contributed by atoms with Crippen LogP contribution in [0.25, 0.3) is 0 Å². The number of ketones is 1. The van der Waals surface area contributed by atoms with Crippen molar-refractivity contribution in [2.24, 2.45) is 0 Å². The number of aromatic amines is 1. The first-order chi connectivity index (χ1) is 9.70. The van der Waals surface area contributed by atoms with E-state index in [9.17, 15) is 4.79 Å². The molecule has 0 saturated heterocycles. The lowest BCUT2D eigenvalue weighted by Crippen LogP contribution is -2.17. The second-order valence-electron chi connectivity index (χ2n) is 4.75. The molecule has 3 rings (SSSR count). The van der Waals surface area contributed by atoms with E-state index in [0.717, 1.165) is 17.7 Å². The second kappa shape index (κ2) is 5.46. The number of benzene rings is 1. The van der Waals surface area contributed by atoms with E-state index < -0.39 is 0 Å². The van der Waals surface area contributed by atoms with Crippen LogP contribution in [-0.4, -0.2) is 21.0 Å². The zero-order valence-corrected chi connectivity index (χ0v) is 11.4. The fraction of sp³-hybridized carbons (Fsp3) is 0.214. The smallest absolute Gasteiger partial charge is 0.222 e. The summed E-state index contributed by atoms with van der Waals surface area (Å²) in [5.74, 6) is 0.814. The van der Waals surface area contributed by atoms with Crippen molar-refractivity contribution in [2.75, 3.05) is 5.32 Å². The summed E-state index contributed by atoms with van der Waals surface area (Å²) in [5, 5.41) is 10.3. The van der Waals surface area contributed by atoms with Gasteiger partial charge in [0.2, 0.25) is 5.95 Å². The summed E-state index contributed by atoms with van der Waals surface area (Å²) in [6, 6.07) is 7.64. The highest BCUT2D eigenvalue weighted by molar-refractivity contribution is 6.30. The number of allylic oxidation sites excluding steroid dienone is 2. The zero-order chi connectivity index (χ0) is 13.9. The number of H-pyrrole nitrogens is 1. The Morgan fingerprint density at radius 3 is 2.75 bits per heavy atom. The molecule has 0 spiro atoms. The quantitative estimate of drug-likeness (QED) is 0.911. The minimum Gasteiger partial charge on any atom is -0.328 e. The van der Waals surface area contributed by atoms with Crippen molar-refractivity contribution in [3.8, 4) is 0 Å². The molecule has 0 fully saturated rings. The van der Waals surface area contributed by atoms with Gasteiger partial charge in [-0.3, -0.25) is 4.79 Å². The predicted molar refractivity (Wildman–Crippen MR) is 76.5 cm³/mol. The van der Waals surface area contributed by atoms with E-state index in [2.05, 4.69) is 20.5 Å². The molecule has 1 atom stereocenters. The van der Waals surface area contributed by atoms with Crippen LogP contribution in [0.2, 0.25) is 5.02 Å². The number of rotatable bonds is 3. The Morgan fingerprint density at radius 1 is 1.25 bits per heavy atom. The van der Waals surface area contributed by atoms with Gasteiger partial charge in [-0.25, -0.2) is 5.10 Å². The van der Waals surface area contributed by atoms with Crippen LogP contribution in [0.15, 0.2) is 42.4 Å². The molecule has 1 aliphatic rings. The largest absolute Gasteiger partial charge is 0.328 e. The zero-order valence-electron chi connectivity index (χ0n) is 10.6. The molecular formula is C14H13ClN4O.